The Bertz CT molecular complexity index is 1190. The Morgan fingerprint density at radius 3 is 2.50 bits per heavy atom. The second-order valence-electron chi connectivity index (χ2n) is 8.03. The SMILES string of the molecule is CCC(N)C(=O)N1CCN(c2nc3ccc(C(=O)Nc4ccc(OC)c(OC)c4)cc3s2)CC1. The smallest absolute Gasteiger partial charge is 0.255 e. The van der Waals surface area contributed by atoms with Gasteiger partial charge in [-0.15, -0.1) is 0 Å². The van der Waals surface area contributed by atoms with Gasteiger partial charge in [0.2, 0.25) is 5.91 Å². The van der Waals surface area contributed by atoms with E-state index in [0.717, 1.165) is 15.3 Å². The van der Waals surface area contributed by atoms with Crippen molar-refractivity contribution in [1.82, 2.24) is 9.88 Å². The highest BCUT2D eigenvalue weighted by molar-refractivity contribution is 7.22. The fraction of sp³-hybridized carbons (Fsp3) is 0.375. The van der Waals surface area contributed by atoms with Crippen LogP contribution in [0.25, 0.3) is 10.2 Å². The van der Waals surface area contributed by atoms with Crippen LogP contribution in [0.4, 0.5) is 10.8 Å². The zero-order valence-electron chi connectivity index (χ0n) is 19.5. The second-order valence-corrected chi connectivity index (χ2v) is 9.04. The van der Waals surface area contributed by atoms with E-state index in [9.17, 15) is 9.59 Å². The molecule has 1 atom stereocenters. The average molecular weight is 484 g/mol. The van der Waals surface area contributed by atoms with Gasteiger partial charge in [0.15, 0.2) is 16.6 Å². The van der Waals surface area contributed by atoms with Gasteiger partial charge < -0.3 is 30.3 Å². The summed E-state index contributed by atoms with van der Waals surface area (Å²) < 4.78 is 11.5. The minimum atomic E-state index is -0.433. The van der Waals surface area contributed by atoms with Crippen LogP contribution in [0, 0.1) is 0 Å². The minimum Gasteiger partial charge on any atom is -0.493 e. The highest BCUT2D eigenvalue weighted by Crippen LogP contribution is 2.32. The molecule has 0 spiro atoms. The van der Waals surface area contributed by atoms with Gasteiger partial charge in [0, 0.05) is 43.5 Å². The quantitative estimate of drug-likeness (QED) is 0.532. The fourth-order valence-electron chi connectivity index (χ4n) is 3.83. The van der Waals surface area contributed by atoms with Crippen molar-refractivity contribution in [2.45, 2.75) is 19.4 Å². The molecule has 2 heterocycles. The van der Waals surface area contributed by atoms with E-state index in [1.165, 1.54) is 0 Å². The summed E-state index contributed by atoms with van der Waals surface area (Å²) in [4.78, 5) is 33.9. The van der Waals surface area contributed by atoms with Crippen molar-refractivity contribution in [2.75, 3.05) is 50.6 Å². The summed E-state index contributed by atoms with van der Waals surface area (Å²) >= 11 is 1.54. The third-order valence-electron chi connectivity index (χ3n) is 5.90. The van der Waals surface area contributed by atoms with E-state index in [1.807, 2.05) is 24.0 Å². The molecule has 4 rings (SSSR count). The Morgan fingerprint density at radius 1 is 1.09 bits per heavy atom. The number of nitrogens with two attached hydrogens (primary N) is 1. The third kappa shape index (κ3) is 4.92. The Labute approximate surface area is 202 Å². The number of methoxy groups -OCH3 is 2. The van der Waals surface area contributed by atoms with Crippen molar-refractivity contribution < 1.29 is 19.1 Å². The first-order valence-electron chi connectivity index (χ1n) is 11.2. The normalized spacial score (nSPS) is 14.7. The molecular formula is C24H29N5O4S. The molecule has 2 aromatic carbocycles. The molecule has 9 nitrogen and oxygen atoms in total. The van der Waals surface area contributed by atoms with E-state index in [-0.39, 0.29) is 11.8 Å². The number of ether oxygens (including phenoxy) is 2. The number of fused-ring (bicyclic) bond motifs is 1. The molecule has 0 bridgehead atoms. The molecule has 1 aliphatic rings. The van der Waals surface area contributed by atoms with Crippen LogP contribution < -0.4 is 25.4 Å². The van der Waals surface area contributed by atoms with Gasteiger partial charge in [0.25, 0.3) is 5.91 Å². The molecule has 0 saturated carbocycles. The van der Waals surface area contributed by atoms with Crippen molar-refractivity contribution >= 4 is 44.2 Å². The van der Waals surface area contributed by atoms with Crippen molar-refractivity contribution in [3.63, 3.8) is 0 Å². The van der Waals surface area contributed by atoms with Gasteiger partial charge in [-0.05, 0) is 36.8 Å². The maximum atomic E-state index is 12.8. The predicted molar refractivity (Wildman–Crippen MR) is 134 cm³/mol. The third-order valence-corrected chi connectivity index (χ3v) is 6.98. The molecule has 0 radical (unpaired) electrons. The zero-order valence-corrected chi connectivity index (χ0v) is 20.4. The first-order chi connectivity index (χ1) is 16.4. The van der Waals surface area contributed by atoms with E-state index < -0.39 is 6.04 Å². The Morgan fingerprint density at radius 2 is 1.82 bits per heavy atom. The molecule has 0 aliphatic carbocycles. The molecule has 34 heavy (non-hydrogen) atoms. The van der Waals surface area contributed by atoms with Crippen LogP contribution in [-0.4, -0.2) is 68.1 Å². The lowest BCUT2D eigenvalue weighted by Crippen LogP contribution is -2.53. The molecule has 180 valence electrons. The van der Waals surface area contributed by atoms with Crippen LogP contribution in [0.1, 0.15) is 23.7 Å². The van der Waals surface area contributed by atoms with Crippen LogP contribution in [0.15, 0.2) is 36.4 Å². The van der Waals surface area contributed by atoms with E-state index in [0.29, 0.717) is 55.3 Å². The van der Waals surface area contributed by atoms with Gasteiger partial charge in [-0.25, -0.2) is 4.98 Å². The van der Waals surface area contributed by atoms with Gasteiger partial charge in [-0.1, -0.05) is 18.3 Å². The summed E-state index contributed by atoms with van der Waals surface area (Å²) in [5.74, 6) is 0.930. The molecule has 1 aliphatic heterocycles. The van der Waals surface area contributed by atoms with Crippen LogP contribution in [-0.2, 0) is 4.79 Å². The zero-order chi connectivity index (χ0) is 24.2. The van der Waals surface area contributed by atoms with E-state index in [4.69, 9.17) is 20.2 Å². The lowest BCUT2D eigenvalue weighted by Gasteiger charge is -2.35. The Hall–Kier alpha value is -3.37. The number of nitrogens with one attached hydrogen (secondary N) is 1. The van der Waals surface area contributed by atoms with Gasteiger partial charge in [0.1, 0.15) is 0 Å². The number of aromatic nitrogens is 1. The first-order valence-corrected chi connectivity index (χ1v) is 12.0. The largest absolute Gasteiger partial charge is 0.493 e. The number of carbonyl (C=O) groups excluding carboxylic acids is 2. The topological polar surface area (TPSA) is 110 Å². The van der Waals surface area contributed by atoms with Gasteiger partial charge in [0.05, 0.1) is 30.5 Å². The number of anilines is 2. The molecule has 10 heteroatoms. The summed E-state index contributed by atoms with van der Waals surface area (Å²) in [7, 11) is 3.12. The highest BCUT2D eigenvalue weighted by Gasteiger charge is 2.25. The number of rotatable bonds is 7. The minimum absolute atomic E-state index is 0.0107. The number of benzene rings is 2. The van der Waals surface area contributed by atoms with Crippen LogP contribution in [0.3, 0.4) is 0 Å². The first kappa shape index (κ1) is 23.8. The van der Waals surface area contributed by atoms with Crippen LogP contribution in [0.5, 0.6) is 11.5 Å². The lowest BCUT2D eigenvalue weighted by atomic mass is 10.2. The van der Waals surface area contributed by atoms with Crippen molar-refractivity contribution in [3.05, 3.63) is 42.0 Å². The number of thiazole rings is 1. The fourth-order valence-corrected chi connectivity index (χ4v) is 4.89. The van der Waals surface area contributed by atoms with Gasteiger partial charge in [-0.2, -0.15) is 0 Å². The van der Waals surface area contributed by atoms with Crippen LogP contribution in [0.2, 0.25) is 0 Å². The molecule has 3 aromatic rings. The number of hydrogen-bond acceptors (Lipinski definition) is 8. The molecule has 3 N–H and O–H groups in total. The predicted octanol–water partition coefficient (Wildman–Crippen LogP) is 2.95. The maximum absolute atomic E-state index is 12.8. The number of piperazine rings is 1. The molecule has 1 fully saturated rings. The van der Waals surface area contributed by atoms with E-state index in [2.05, 4.69) is 10.2 Å². The summed E-state index contributed by atoms with van der Waals surface area (Å²) in [5.41, 5.74) is 7.90. The molecule has 2 amide bonds. The summed E-state index contributed by atoms with van der Waals surface area (Å²) in [6.07, 6.45) is 0.638. The average Bonchev–Trinajstić information content (AvgIpc) is 3.31. The van der Waals surface area contributed by atoms with Crippen molar-refractivity contribution in [3.8, 4) is 11.5 Å². The molecule has 1 aromatic heterocycles. The second kappa shape index (κ2) is 10.3. The monoisotopic (exact) mass is 483 g/mol. The number of nitrogens with zero attached hydrogens (tertiary/aromatic N) is 3. The lowest BCUT2D eigenvalue weighted by molar-refractivity contribution is -0.132. The number of hydrogen-bond donors (Lipinski definition) is 2. The standard InChI is InChI=1S/C24H29N5O4S/c1-4-17(25)23(31)28-9-11-29(12-10-28)24-27-18-7-5-15(13-21(18)34-24)22(30)26-16-6-8-19(32-2)20(14-16)33-3/h5-8,13-14,17H,4,9-12,25H2,1-3H3,(H,26,30). The number of carbonyl (C=O) groups is 2. The van der Waals surface area contributed by atoms with E-state index >= 15 is 0 Å². The Kier molecular flexibility index (Phi) is 7.18. The molecule has 1 unspecified atom stereocenters. The van der Waals surface area contributed by atoms with Gasteiger partial charge >= 0.3 is 0 Å². The highest BCUT2D eigenvalue weighted by atomic mass is 32.1. The summed E-state index contributed by atoms with van der Waals surface area (Å²) in [6, 6.07) is 10.3. The summed E-state index contributed by atoms with van der Waals surface area (Å²) in [6.45, 7) is 4.58. The molecular weight excluding hydrogens is 454 g/mol. The van der Waals surface area contributed by atoms with Gasteiger partial charge in [-0.3, -0.25) is 9.59 Å². The Balaban J connectivity index is 1.44. The van der Waals surface area contributed by atoms with E-state index in [1.54, 1.807) is 49.8 Å². The maximum Gasteiger partial charge on any atom is 0.255 e. The van der Waals surface area contributed by atoms with Crippen molar-refractivity contribution in [2.24, 2.45) is 5.73 Å². The molecule has 1 saturated heterocycles. The summed E-state index contributed by atoms with van der Waals surface area (Å²) in [5, 5.41) is 3.79. The van der Waals surface area contributed by atoms with Crippen molar-refractivity contribution in [1.29, 1.82) is 0 Å². The number of amides is 2. The van der Waals surface area contributed by atoms with Crippen LogP contribution >= 0.6 is 11.3 Å².